The molecule has 1 aliphatic carbocycles. The first-order valence-electron chi connectivity index (χ1n) is 6.68. The van der Waals surface area contributed by atoms with E-state index in [0.717, 1.165) is 30.8 Å². The first-order valence-corrected chi connectivity index (χ1v) is 6.68. The Morgan fingerprint density at radius 3 is 2.27 bits per heavy atom. The van der Waals surface area contributed by atoms with Crippen LogP contribution in [0.15, 0.2) is 0 Å². The highest BCUT2D eigenvalue weighted by molar-refractivity contribution is 4.78. The van der Waals surface area contributed by atoms with E-state index in [9.17, 15) is 0 Å². The summed E-state index contributed by atoms with van der Waals surface area (Å²) in [6.07, 6.45) is 9.41. The van der Waals surface area contributed by atoms with Gasteiger partial charge in [0.15, 0.2) is 0 Å². The predicted molar refractivity (Wildman–Crippen MR) is 66.6 cm³/mol. The normalized spacial score (nSPS) is 31.8. The molecule has 90 valence electrons. The second kappa shape index (κ2) is 7.24. The molecule has 3 unspecified atom stereocenters. The van der Waals surface area contributed by atoms with Gasteiger partial charge in [0.1, 0.15) is 0 Å². The van der Waals surface area contributed by atoms with Gasteiger partial charge in [-0.15, -0.1) is 0 Å². The topological polar surface area (TPSA) is 52.0 Å². The van der Waals surface area contributed by atoms with Gasteiger partial charge >= 0.3 is 0 Å². The van der Waals surface area contributed by atoms with Crippen molar-refractivity contribution in [3.05, 3.63) is 0 Å². The zero-order chi connectivity index (χ0) is 11.1. The highest BCUT2D eigenvalue weighted by Crippen LogP contribution is 2.37. The lowest BCUT2D eigenvalue weighted by atomic mass is 9.72. The summed E-state index contributed by atoms with van der Waals surface area (Å²) in [5.41, 5.74) is 11.1. The monoisotopic (exact) mass is 212 g/mol. The Kier molecular flexibility index (Phi) is 6.26. The van der Waals surface area contributed by atoms with Crippen LogP contribution in [-0.4, -0.2) is 13.1 Å². The maximum Gasteiger partial charge on any atom is -0.00772 e. The van der Waals surface area contributed by atoms with Crippen molar-refractivity contribution in [2.45, 2.75) is 51.9 Å². The van der Waals surface area contributed by atoms with E-state index in [2.05, 4.69) is 6.92 Å². The maximum atomic E-state index is 5.57. The van der Waals surface area contributed by atoms with Crippen LogP contribution in [0.1, 0.15) is 51.9 Å². The quantitative estimate of drug-likeness (QED) is 0.711. The number of hydrogen-bond acceptors (Lipinski definition) is 2. The minimum atomic E-state index is 0.861. The van der Waals surface area contributed by atoms with Crippen LogP contribution in [0, 0.1) is 17.8 Å². The van der Waals surface area contributed by atoms with Crippen molar-refractivity contribution in [1.82, 2.24) is 0 Å². The molecule has 2 heteroatoms. The Labute approximate surface area is 94.8 Å². The molecule has 0 aliphatic heterocycles. The van der Waals surface area contributed by atoms with E-state index in [0.29, 0.717) is 0 Å². The van der Waals surface area contributed by atoms with E-state index >= 15 is 0 Å². The summed E-state index contributed by atoms with van der Waals surface area (Å²) < 4.78 is 0. The largest absolute Gasteiger partial charge is 0.330 e. The highest BCUT2D eigenvalue weighted by Gasteiger charge is 2.26. The molecule has 1 saturated carbocycles. The van der Waals surface area contributed by atoms with Gasteiger partial charge in [0, 0.05) is 0 Å². The third-order valence-electron chi connectivity index (χ3n) is 4.05. The summed E-state index contributed by atoms with van der Waals surface area (Å²) in [6, 6.07) is 0. The molecule has 0 aromatic heterocycles. The van der Waals surface area contributed by atoms with E-state index in [1.54, 1.807) is 0 Å². The fraction of sp³-hybridized carbons (Fsp3) is 1.00. The van der Waals surface area contributed by atoms with Gasteiger partial charge in [-0.25, -0.2) is 0 Å². The van der Waals surface area contributed by atoms with E-state index in [1.165, 1.54) is 44.9 Å². The second-order valence-electron chi connectivity index (χ2n) is 5.28. The molecule has 15 heavy (non-hydrogen) atoms. The van der Waals surface area contributed by atoms with Crippen LogP contribution in [0.3, 0.4) is 0 Å². The molecule has 0 spiro atoms. The van der Waals surface area contributed by atoms with E-state index in [-0.39, 0.29) is 0 Å². The SMILES string of the molecule is CC1CC(CCCN)CCC1CCCN. The molecule has 4 N–H and O–H groups in total. The Hall–Kier alpha value is -0.0800. The van der Waals surface area contributed by atoms with Crippen molar-refractivity contribution >= 4 is 0 Å². The highest BCUT2D eigenvalue weighted by atomic mass is 14.5. The summed E-state index contributed by atoms with van der Waals surface area (Å²) in [5, 5.41) is 0. The van der Waals surface area contributed by atoms with Crippen molar-refractivity contribution in [3.63, 3.8) is 0 Å². The van der Waals surface area contributed by atoms with Gasteiger partial charge < -0.3 is 11.5 Å². The van der Waals surface area contributed by atoms with Crippen molar-refractivity contribution in [3.8, 4) is 0 Å². The Morgan fingerprint density at radius 1 is 1.00 bits per heavy atom. The molecule has 3 atom stereocenters. The number of hydrogen-bond donors (Lipinski definition) is 2. The summed E-state index contributed by atoms with van der Waals surface area (Å²) in [5.74, 6) is 2.81. The Balaban J connectivity index is 2.21. The first kappa shape index (κ1) is 13.0. The molecule has 0 amide bonds. The van der Waals surface area contributed by atoms with E-state index < -0.39 is 0 Å². The van der Waals surface area contributed by atoms with Crippen LogP contribution in [0.4, 0.5) is 0 Å². The zero-order valence-corrected chi connectivity index (χ0v) is 10.3. The summed E-state index contributed by atoms with van der Waals surface area (Å²) in [7, 11) is 0. The molecule has 0 aromatic rings. The summed E-state index contributed by atoms with van der Waals surface area (Å²) >= 11 is 0. The molecular weight excluding hydrogens is 184 g/mol. The van der Waals surface area contributed by atoms with Gasteiger partial charge in [-0.2, -0.15) is 0 Å². The molecule has 0 saturated heterocycles. The van der Waals surface area contributed by atoms with Crippen molar-refractivity contribution in [2.75, 3.05) is 13.1 Å². The number of nitrogens with two attached hydrogens (primary N) is 2. The molecule has 2 nitrogen and oxygen atoms in total. The fourth-order valence-electron chi connectivity index (χ4n) is 3.05. The maximum absolute atomic E-state index is 5.57. The Bertz CT molecular complexity index is 159. The molecule has 0 bridgehead atoms. The Morgan fingerprint density at radius 2 is 1.67 bits per heavy atom. The third-order valence-corrected chi connectivity index (χ3v) is 4.05. The molecule has 1 aliphatic rings. The number of rotatable bonds is 6. The lowest BCUT2D eigenvalue weighted by Gasteiger charge is -2.34. The first-order chi connectivity index (χ1) is 7.27. The predicted octanol–water partition coefficient (Wildman–Crippen LogP) is 2.52. The minimum absolute atomic E-state index is 0.861. The average molecular weight is 212 g/mol. The third kappa shape index (κ3) is 4.52. The molecule has 0 heterocycles. The van der Waals surface area contributed by atoms with Gasteiger partial charge in [-0.05, 0) is 69.4 Å². The smallest absolute Gasteiger partial charge is 0.00772 e. The average Bonchev–Trinajstić information content (AvgIpc) is 2.25. The van der Waals surface area contributed by atoms with Crippen molar-refractivity contribution in [2.24, 2.45) is 29.2 Å². The van der Waals surface area contributed by atoms with Crippen molar-refractivity contribution in [1.29, 1.82) is 0 Å². The van der Waals surface area contributed by atoms with Gasteiger partial charge in [0.05, 0.1) is 0 Å². The van der Waals surface area contributed by atoms with Gasteiger partial charge in [0.25, 0.3) is 0 Å². The van der Waals surface area contributed by atoms with Crippen LogP contribution >= 0.6 is 0 Å². The second-order valence-corrected chi connectivity index (χ2v) is 5.28. The lowest BCUT2D eigenvalue weighted by molar-refractivity contribution is 0.175. The van der Waals surface area contributed by atoms with Crippen LogP contribution in [0.25, 0.3) is 0 Å². The standard InChI is InChI=1S/C13H28N2/c1-11-10-12(4-2-8-14)6-7-13(11)5-3-9-15/h11-13H,2-10,14-15H2,1H3. The lowest BCUT2D eigenvalue weighted by Crippen LogP contribution is -2.24. The molecule has 0 aromatic carbocycles. The molecule has 0 radical (unpaired) electrons. The van der Waals surface area contributed by atoms with E-state index in [4.69, 9.17) is 11.5 Å². The van der Waals surface area contributed by atoms with Crippen molar-refractivity contribution < 1.29 is 0 Å². The van der Waals surface area contributed by atoms with Gasteiger partial charge in [-0.3, -0.25) is 0 Å². The zero-order valence-electron chi connectivity index (χ0n) is 10.3. The molecular formula is C13H28N2. The molecule has 1 fully saturated rings. The van der Waals surface area contributed by atoms with Crippen LogP contribution in [-0.2, 0) is 0 Å². The van der Waals surface area contributed by atoms with Gasteiger partial charge in [-0.1, -0.05) is 13.3 Å². The molecule has 1 rings (SSSR count). The summed E-state index contributed by atoms with van der Waals surface area (Å²) in [6.45, 7) is 4.15. The fourth-order valence-corrected chi connectivity index (χ4v) is 3.05. The summed E-state index contributed by atoms with van der Waals surface area (Å²) in [4.78, 5) is 0. The minimum Gasteiger partial charge on any atom is -0.330 e. The van der Waals surface area contributed by atoms with Gasteiger partial charge in [0.2, 0.25) is 0 Å². The van der Waals surface area contributed by atoms with E-state index in [1.807, 2.05) is 0 Å². The van der Waals surface area contributed by atoms with Crippen LogP contribution < -0.4 is 11.5 Å². The van der Waals surface area contributed by atoms with Crippen LogP contribution in [0.5, 0.6) is 0 Å². The van der Waals surface area contributed by atoms with Crippen LogP contribution in [0.2, 0.25) is 0 Å².